The van der Waals surface area contributed by atoms with Gasteiger partial charge in [-0.05, 0) is 12.5 Å². The summed E-state index contributed by atoms with van der Waals surface area (Å²) in [6, 6.07) is 0. The number of carbonyl (C=O) groups is 1. The van der Waals surface area contributed by atoms with Crippen molar-refractivity contribution in [2.24, 2.45) is 0 Å². The Balaban J connectivity index is -0.000000144. The highest BCUT2D eigenvalue weighted by atomic mass is 16.2. The normalized spacial score (nSPS) is 9.58. The Morgan fingerprint density at radius 2 is 1.83 bits per heavy atom. The Morgan fingerprint density at radius 3 is 2.25 bits per heavy atom. The third kappa shape index (κ3) is 13.5. The summed E-state index contributed by atoms with van der Waals surface area (Å²) < 4.78 is 0. The van der Waals surface area contributed by atoms with Gasteiger partial charge in [-0.3, -0.25) is 9.89 Å². The fourth-order valence-corrected chi connectivity index (χ4v) is 1.20. The molecular formula is C19H40N4O. The van der Waals surface area contributed by atoms with Crippen LogP contribution in [0.4, 0.5) is 0 Å². The third-order valence-corrected chi connectivity index (χ3v) is 2.10. The molecule has 0 aliphatic carbocycles. The molecule has 2 N–H and O–H groups in total. The first-order chi connectivity index (χ1) is 11.6. The van der Waals surface area contributed by atoms with Gasteiger partial charge < -0.3 is 5.32 Å². The highest BCUT2D eigenvalue weighted by Crippen LogP contribution is 2.05. The Bertz CT molecular complexity index is 484. The molecule has 24 heavy (non-hydrogen) atoms. The van der Waals surface area contributed by atoms with E-state index in [0.29, 0.717) is 12.2 Å². The van der Waals surface area contributed by atoms with E-state index < -0.39 is 0 Å². The molecule has 1 aromatic rings. The van der Waals surface area contributed by atoms with E-state index in [1.807, 2.05) is 52.8 Å². The minimum Gasteiger partial charge on any atom is -0.352 e. The summed E-state index contributed by atoms with van der Waals surface area (Å²) in [6.07, 6.45) is 9.36. The molecule has 0 aliphatic rings. The van der Waals surface area contributed by atoms with Gasteiger partial charge in [0.2, 0.25) is 5.82 Å². The molecule has 0 saturated heterocycles. The molecule has 142 valence electrons. The lowest BCUT2D eigenvalue weighted by Crippen LogP contribution is -2.19. The number of hydrogen-bond acceptors (Lipinski definition) is 3. The highest BCUT2D eigenvalue weighted by Gasteiger charge is 2.10. The summed E-state index contributed by atoms with van der Waals surface area (Å²) >= 11 is 0. The van der Waals surface area contributed by atoms with Gasteiger partial charge in [0.15, 0.2) is 0 Å². The number of nitrogens with one attached hydrogen (secondary N) is 2. The van der Waals surface area contributed by atoms with Crippen molar-refractivity contribution in [1.29, 1.82) is 0 Å². The first kappa shape index (κ1) is 26.7. The molecule has 1 rings (SSSR count). The number of carbonyl (C=O) groups excluding carboxylic acids is 1. The SMILES string of the molecule is C=C/C(=C\C=C/C)Cc1nc(C(=O)NC)n[nH]1.CC.CC.CCC.[HH].[HH]. The zero-order chi connectivity index (χ0) is 19.4. The Hall–Kier alpha value is -2.17. The largest absolute Gasteiger partial charge is 0.352 e. The van der Waals surface area contributed by atoms with Gasteiger partial charge in [-0.1, -0.05) is 78.8 Å². The number of H-pyrrole nitrogens is 1. The molecule has 0 aliphatic heterocycles. The maximum Gasteiger partial charge on any atom is 0.290 e. The number of nitrogens with zero attached hydrogens (tertiary/aromatic N) is 2. The van der Waals surface area contributed by atoms with Gasteiger partial charge in [-0.25, -0.2) is 4.98 Å². The summed E-state index contributed by atoms with van der Waals surface area (Å²) in [6.45, 7) is 17.9. The number of hydrogen-bond donors (Lipinski definition) is 2. The van der Waals surface area contributed by atoms with Gasteiger partial charge in [-0.2, -0.15) is 0 Å². The van der Waals surface area contributed by atoms with Crippen LogP contribution in [0.3, 0.4) is 0 Å². The van der Waals surface area contributed by atoms with Crippen LogP contribution in [-0.4, -0.2) is 28.1 Å². The first-order valence-electron chi connectivity index (χ1n) is 8.70. The van der Waals surface area contributed by atoms with Gasteiger partial charge >= 0.3 is 0 Å². The molecule has 0 radical (unpaired) electrons. The Labute approximate surface area is 151 Å². The van der Waals surface area contributed by atoms with Gasteiger partial charge in [0.1, 0.15) is 5.82 Å². The molecule has 5 nitrogen and oxygen atoms in total. The second-order valence-electron chi connectivity index (χ2n) is 4.04. The predicted molar refractivity (Wildman–Crippen MR) is 109 cm³/mol. The standard InChI is InChI=1S/C12H16N4O.C3H8.2C2H6.2H2/c1-4-6-7-9(5-2)8-10-14-11(16-15-10)12(17)13-3;1-3-2;2*1-2;;/h4-7H,2,8H2,1,3H3,(H,13,17)(H,14,15,16);3H2,1-2H3;2*1-2H3;2*1H/b6-4-,9-7+;;;;;. The maximum absolute atomic E-state index is 11.3. The minimum absolute atomic E-state index is 0. The monoisotopic (exact) mass is 340 g/mol. The second kappa shape index (κ2) is 20.8. The maximum atomic E-state index is 11.3. The van der Waals surface area contributed by atoms with Gasteiger partial charge in [-0.15, -0.1) is 5.10 Å². The van der Waals surface area contributed by atoms with Crippen LogP contribution in [0.5, 0.6) is 0 Å². The van der Waals surface area contributed by atoms with Crippen LogP contribution < -0.4 is 5.32 Å². The molecule has 0 bridgehead atoms. The average Bonchev–Trinajstić information content (AvgIpc) is 3.10. The van der Waals surface area contributed by atoms with Crippen LogP contribution in [0.2, 0.25) is 0 Å². The van der Waals surface area contributed by atoms with Crippen molar-refractivity contribution < 1.29 is 7.65 Å². The van der Waals surface area contributed by atoms with Gasteiger partial charge in [0, 0.05) is 16.3 Å². The summed E-state index contributed by atoms with van der Waals surface area (Å²) in [4.78, 5) is 15.3. The lowest BCUT2D eigenvalue weighted by Gasteiger charge is -1.96. The lowest BCUT2D eigenvalue weighted by atomic mass is 10.1. The number of aromatic amines is 1. The minimum atomic E-state index is -0.301. The molecule has 0 saturated carbocycles. The molecule has 0 unspecified atom stereocenters. The zero-order valence-electron chi connectivity index (χ0n) is 16.7. The van der Waals surface area contributed by atoms with Crippen molar-refractivity contribution in [3.8, 4) is 0 Å². The molecular weight excluding hydrogens is 300 g/mol. The molecule has 1 heterocycles. The molecule has 0 spiro atoms. The zero-order valence-corrected chi connectivity index (χ0v) is 16.7. The number of aromatic nitrogens is 3. The van der Waals surface area contributed by atoms with Crippen LogP contribution >= 0.6 is 0 Å². The smallest absolute Gasteiger partial charge is 0.290 e. The van der Waals surface area contributed by atoms with Gasteiger partial charge in [0.05, 0.1) is 0 Å². The molecule has 0 aromatic carbocycles. The van der Waals surface area contributed by atoms with Crippen LogP contribution in [0.25, 0.3) is 0 Å². The quantitative estimate of drug-likeness (QED) is 0.709. The van der Waals surface area contributed by atoms with E-state index in [1.54, 1.807) is 13.1 Å². The first-order valence-corrected chi connectivity index (χ1v) is 8.70. The molecule has 0 fully saturated rings. The summed E-state index contributed by atoms with van der Waals surface area (Å²) in [7, 11) is 1.54. The lowest BCUT2D eigenvalue weighted by molar-refractivity contribution is 0.0953. The fraction of sp³-hybridized carbons (Fsp3) is 0.526. The number of amides is 1. The fourth-order valence-electron chi connectivity index (χ4n) is 1.20. The number of rotatable bonds is 5. The van der Waals surface area contributed by atoms with Crippen molar-refractivity contribution in [2.75, 3.05) is 7.05 Å². The molecule has 0 atom stereocenters. The van der Waals surface area contributed by atoms with Gasteiger partial charge in [0.25, 0.3) is 5.91 Å². The molecule has 1 aromatic heterocycles. The van der Waals surface area contributed by atoms with Crippen LogP contribution in [0.15, 0.2) is 36.5 Å². The van der Waals surface area contributed by atoms with E-state index in [1.165, 1.54) is 6.42 Å². The average molecular weight is 341 g/mol. The van der Waals surface area contributed by atoms with Crippen molar-refractivity contribution in [3.05, 3.63) is 48.1 Å². The van der Waals surface area contributed by atoms with E-state index in [9.17, 15) is 4.79 Å². The van der Waals surface area contributed by atoms with E-state index in [2.05, 4.69) is 40.9 Å². The Kier molecular flexibility index (Phi) is 23.2. The summed E-state index contributed by atoms with van der Waals surface area (Å²) in [5.41, 5.74) is 1.00. The van der Waals surface area contributed by atoms with E-state index in [4.69, 9.17) is 0 Å². The van der Waals surface area contributed by atoms with E-state index in [-0.39, 0.29) is 14.6 Å². The van der Waals surface area contributed by atoms with Crippen LogP contribution in [0, 0.1) is 0 Å². The van der Waals surface area contributed by atoms with E-state index >= 15 is 0 Å². The third-order valence-electron chi connectivity index (χ3n) is 2.10. The van der Waals surface area contributed by atoms with Crippen molar-refractivity contribution in [3.63, 3.8) is 0 Å². The van der Waals surface area contributed by atoms with Crippen molar-refractivity contribution in [2.45, 2.75) is 61.3 Å². The summed E-state index contributed by atoms with van der Waals surface area (Å²) in [5.74, 6) is 0.487. The second-order valence-corrected chi connectivity index (χ2v) is 4.04. The van der Waals surface area contributed by atoms with E-state index in [0.717, 1.165) is 5.57 Å². The predicted octanol–water partition coefficient (Wildman–Crippen LogP) is 5.36. The highest BCUT2D eigenvalue weighted by molar-refractivity contribution is 5.89. The summed E-state index contributed by atoms with van der Waals surface area (Å²) in [5, 5.41) is 9.02. The number of allylic oxidation sites excluding steroid dienone is 5. The Morgan fingerprint density at radius 1 is 1.29 bits per heavy atom. The molecule has 1 amide bonds. The topological polar surface area (TPSA) is 70.7 Å². The van der Waals surface area contributed by atoms with Crippen molar-refractivity contribution >= 4 is 5.91 Å². The van der Waals surface area contributed by atoms with Crippen LogP contribution in [0.1, 0.15) is 74.2 Å². The van der Waals surface area contributed by atoms with Crippen molar-refractivity contribution in [1.82, 2.24) is 20.5 Å². The van der Waals surface area contributed by atoms with Crippen LogP contribution in [-0.2, 0) is 6.42 Å². The molecule has 5 heteroatoms.